The summed E-state index contributed by atoms with van der Waals surface area (Å²) < 4.78 is 26.9. The first-order chi connectivity index (χ1) is 15.1. The van der Waals surface area contributed by atoms with Crippen molar-refractivity contribution < 1.29 is 18.0 Å². The molecule has 8 heteroatoms. The van der Waals surface area contributed by atoms with E-state index in [9.17, 15) is 18.0 Å². The fourth-order valence-electron chi connectivity index (χ4n) is 3.18. The van der Waals surface area contributed by atoms with Crippen LogP contribution in [0.25, 0.3) is 0 Å². The molecule has 1 atom stereocenters. The van der Waals surface area contributed by atoms with E-state index in [1.807, 2.05) is 13.8 Å². The summed E-state index contributed by atoms with van der Waals surface area (Å²) in [7, 11) is -3.71. The smallest absolute Gasteiger partial charge is 0.251 e. The van der Waals surface area contributed by atoms with Gasteiger partial charge in [-0.15, -0.1) is 6.42 Å². The Labute approximate surface area is 190 Å². The van der Waals surface area contributed by atoms with Gasteiger partial charge in [0.15, 0.2) is 0 Å². The molecule has 0 saturated carbocycles. The van der Waals surface area contributed by atoms with Gasteiger partial charge < -0.3 is 10.6 Å². The first kappa shape index (κ1) is 25.1. The van der Waals surface area contributed by atoms with Gasteiger partial charge in [0, 0.05) is 29.9 Å². The Balaban J connectivity index is 2.23. The molecular formula is C24H29N3O4S. The van der Waals surface area contributed by atoms with E-state index in [0.717, 1.165) is 0 Å². The lowest BCUT2D eigenvalue weighted by Gasteiger charge is -2.22. The van der Waals surface area contributed by atoms with Crippen molar-refractivity contribution in [1.82, 2.24) is 9.62 Å². The van der Waals surface area contributed by atoms with Crippen LogP contribution in [0.4, 0.5) is 5.69 Å². The van der Waals surface area contributed by atoms with E-state index in [1.165, 1.54) is 28.6 Å². The summed E-state index contributed by atoms with van der Waals surface area (Å²) in [5, 5.41) is 5.49. The van der Waals surface area contributed by atoms with Crippen LogP contribution in [0.15, 0.2) is 53.4 Å². The predicted octanol–water partition coefficient (Wildman–Crippen LogP) is 3.09. The van der Waals surface area contributed by atoms with Crippen molar-refractivity contribution in [2.24, 2.45) is 5.92 Å². The summed E-state index contributed by atoms with van der Waals surface area (Å²) in [4.78, 5) is 25.7. The van der Waals surface area contributed by atoms with Crippen molar-refractivity contribution in [3.63, 3.8) is 0 Å². The van der Waals surface area contributed by atoms with E-state index in [-0.39, 0.29) is 16.4 Å². The molecule has 2 aromatic rings. The maximum atomic E-state index is 12.9. The number of nitrogens with one attached hydrogen (secondary N) is 2. The third-order valence-electron chi connectivity index (χ3n) is 4.97. The minimum Gasteiger partial charge on any atom is -0.340 e. The number of amides is 2. The number of carbonyl (C=O) groups is 2. The zero-order valence-electron chi connectivity index (χ0n) is 18.8. The Morgan fingerprint density at radius 2 is 1.72 bits per heavy atom. The SMILES string of the molecule is C#Cc1cccc(NC(=O)[C@H](NC(=O)c2cccc(S(=O)(=O)N(CC)CC)c2)C(C)C)c1. The summed E-state index contributed by atoms with van der Waals surface area (Å²) in [5.74, 6) is 1.37. The van der Waals surface area contributed by atoms with E-state index in [2.05, 4.69) is 16.6 Å². The minimum atomic E-state index is -3.71. The van der Waals surface area contributed by atoms with Crippen molar-refractivity contribution in [2.75, 3.05) is 18.4 Å². The Kier molecular flexibility index (Phi) is 8.58. The Morgan fingerprint density at radius 3 is 2.31 bits per heavy atom. The second-order valence-electron chi connectivity index (χ2n) is 7.53. The van der Waals surface area contributed by atoms with E-state index in [0.29, 0.717) is 24.3 Å². The first-order valence-corrected chi connectivity index (χ1v) is 11.9. The zero-order chi connectivity index (χ0) is 23.9. The molecule has 0 saturated heterocycles. The molecule has 32 heavy (non-hydrogen) atoms. The maximum absolute atomic E-state index is 12.9. The van der Waals surface area contributed by atoms with Crippen LogP contribution in [-0.2, 0) is 14.8 Å². The molecule has 0 aliphatic carbocycles. The highest BCUT2D eigenvalue weighted by Crippen LogP contribution is 2.18. The topological polar surface area (TPSA) is 95.6 Å². The molecule has 0 radical (unpaired) electrons. The van der Waals surface area contributed by atoms with Gasteiger partial charge in [-0.25, -0.2) is 8.42 Å². The standard InChI is InChI=1S/C24H29N3O4S/c1-6-18-11-9-13-20(15-18)25-24(29)22(17(4)5)26-23(28)19-12-10-14-21(16-19)32(30,31)27(7-2)8-3/h1,9-17,22H,7-8H2,2-5H3,(H,25,29)(H,26,28)/t22-/m1/s1. The van der Waals surface area contributed by atoms with Gasteiger partial charge in [0.1, 0.15) is 6.04 Å². The molecule has 2 N–H and O–H groups in total. The zero-order valence-corrected chi connectivity index (χ0v) is 19.6. The summed E-state index contributed by atoms with van der Waals surface area (Å²) in [6.07, 6.45) is 5.40. The van der Waals surface area contributed by atoms with Crippen LogP contribution < -0.4 is 10.6 Å². The van der Waals surface area contributed by atoms with Gasteiger partial charge in [-0.3, -0.25) is 9.59 Å². The third-order valence-corrected chi connectivity index (χ3v) is 7.02. The average molecular weight is 456 g/mol. The number of carbonyl (C=O) groups excluding carboxylic acids is 2. The summed E-state index contributed by atoms with van der Waals surface area (Å²) >= 11 is 0. The van der Waals surface area contributed by atoms with E-state index in [1.54, 1.807) is 38.1 Å². The highest BCUT2D eigenvalue weighted by molar-refractivity contribution is 7.89. The van der Waals surface area contributed by atoms with Gasteiger partial charge in [-0.1, -0.05) is 45.7 Å². The Morgan fingerprint density at radius 1 is 1.06 bits per heavy atom. The molecule has 170 valence electrons. The molecule has 0 spiro atoms. The number of benzene rings is 2. The lowest BCUT2D eigenvalue weighted by atomic mass is 10.0. The number of nitrogens with zero attached hydrogens (tertiary/aromatic N) is 1. The van der Waals surface area contributed by atoms with Gasteiger partial charge in [0.25, 0.3) is 5.91 Å². The van der Waals surface area contributed by atoms with Crippen LogP contribution in [0.1, 0.15) is 43.6 Å². The Bertz CT molecular complexity index is 1120. The van der Waals surface area contributed by atoms with E-state index >= 15 is 0 Å². The largest absolute Gasteiger partial charge is 0.340 e. The van der Waals surface area contributed by atoms with Crippen LogP contribution in [0, 0.1) is 18.3 Å². The van der Waals surface area contributed by atoms with E-state index < -0.39 is 27.9 Å². The van der Waals surface area contributed by atoms with Gasteiger partial charge in [-0.2, -0.15) is 4.31 Å². The van der Waals surface area contributed by atoms with Crippen LogP contribution in [0.3, 0.4) is 0 Å². The third kappa shape index (κ3) is 5.96. The molecule has 0 unspecified atom stereocenters. The lowest BCUT2D eigenvalue weighted by Crippen LogP contribution is -2.47. The van der Waals surface area contributed by atoms with Crippen LogP contribution in [0.5, 0.6) is 0 Å². The number of rotatable bonds is 9. The normalized spacial score (nSPS) is 12.3. The molecule has 7 nitrogen and oxygen atoms in total. The number of sulfonamides is 1. The molecule has 2 aromatic carbocycles. The van der Waals surface area contributed by atoms with Gasteiger partial charge in [0.05, 0.1) is 4.90 Å². The Hall–Kier alpha value is -3.15. The van der Waals surface area contributed by atoms with Crippen LogP contribution in [-0.4, -0.2) is 43.7 Å². The van der Waals surface area contributed by atoms with Crippen LogP contribution in [0.2, 0.25) is 0 Å². The minimum absolute atomic E-state index is 0.0329. The molecule has 2 amide bonds. The molecule has 0 aliphatic rings. The first-order valence-electron chi connectivity index (χ1n) is 10.4. The molecule has 0 fully saturated rings. The van der Waals surface area contributed by atoms with Crippen molar-refractivity contribution in [2.45, 2.75) is 38.6 Å². The number of anilines is 1. The number of hydrogen-bond acceptors (Lipinski definition) is 4. The maximum Gasteiger partial charge on any atom is 0.251 e. The van der Waals surface area contributed by atoms with Crippen LogP contribution >= 0.6 is 0 Å². The fraction of sp³-hybridized carbons (Fsp3) is 0.333. The molecule has 0 aliphatic heterocycles. The molecule has 0 heterocycles. The second kappa shape index (κ2) is 10.9. The fourth-order valence-corrected chi connectivity index (χ4v) is 4.68. The predicted molar refractivity (Wildman–Crippen MR) is 126 cm³/mol. The second-order valence-corrected chi connectivity index (χ2v) is 9.46. The van der Waals surface area contributed by atoms with Gasteiger partial charge in [0.2, 0.25) is 15.9 Å². The van der Waals surface area contributed by atoms with Crippen molar-refractivity contribution in [3.8, 4) is 12.3 Å². The molecule has 2 rings (SSSR count). The lowest BCUT2D eigenvalue weighted by molar-refractivity contribution is -0.118. The summed E-state index contributed by atoms with van der Waals surface area (Å²) in [5.41, 5.74) is 1.31. The van der Waals surface area contributed by atoms with Crippen molar-refractivity contribution >= 4 is 27.5 Å². The molecule has 0 aromatic heterocycles. The van der Waals surface area contributed by atoms with Gasteiger partial charge in [-0.05, 0) is 42.3 Å². The van der Waals surface area contributed by atoms with Crippen molar-refractivity contribution in [1.29, 1.82) is 0 Å². The summed E-state index contributed by atoms with van der Waals surface area (Å²) in [6, 6.07) is 11.8. The quantitative estimate of drug-likeness (QED) is 0.568. The molecule has 0 bridgehead atoms. The number of hydrogen-bond donors (Lipinski definition) is 2. The van der Waals surface area contributed by atoms with Crippen molar-refractivity contribution in [3.05, 3.63) is 59.7 Å². The highest BCUT2D eigenvalue weighted by atomic mass is 32.2. The highest BCUT2D eigenvalue weighted by Gasteiger charge is 2.26. The monoisotopic (exact) mass is 455 g/mol. The molecular weight excluding hydrogens is 426 g/mol. The van der Waals surface area contributed by atoms with E-state index in [4.69, 9.17) is 6.42 Å². The average Bonchev–Trinajstić information content (AvgIpc) is 2.77. The van der Waals surface area contributed by atoms with Gasteiger partial charge >= 0.3 is 0 Å². The summed E-state index contributed by atoms with van der Waals surface area (Å²) in [6.45, 7) is 7.77. The number of terminal acetylenes is 1.